The normalized spacial score (nSPS) is 35.3. The molecular formula is C8H10F2O2. The predicted octanol–water partition coefficient (Wildman–Crippen LogP) is 1.90. The van der Waals surface area contributed by atoms with E-state index in [1.54, 1.807) is 0 Å². The highest BCUT2D eigenvalue weighted by Gasteiger charge is 2.65. The molecule has 2 nitrogen and oxygen atoms in total. The number of alkyl halides is 2. The molecule has 2 aliphatic rings. The number of carboxylic acids is 1. The third-order valence-corrected chi connectivity index (χ3v) is 3.19. The molecular weight excluding hydrogens is 166 g/mol. The van der Waals surface area contributed by atoms with E-state index in [0.717, 1.165) is 0 Å². The zero-order valence-electron chi connectivity index (χ0n) is 6.52. The van der Waals surface area contributed by atoms with E-state index in [2.05, 4.69) is 0 Å². The van der Waals surface area contributed by atoms with Gasteiger partial charge < -0.3 is 5.11 Å². The molecule has 12 heavy (non-hydrogen) atoms. The molecule has 0 heterocycles. The second-order valence-corrected chi connectivity index (χ2v) is 4.00. The Morgan fingerprint density at radius 3 is 2.25 bits per heavy atom. The first-order chi connectivity index (χ1) is 5.45. The monoisotopic (exact) mass is 176 g/mol. The van der Waals surface area contributed by atoms with E-state index >= 15 is 0 Å². The van der Waals surface area contributed by atoms with Crippen LogP contribution in [0.15, 0.2) is 0 Å². The molecule has 2 aliphatic carbocycles. The largest absolute Gasteiger partial charge is 0.481 e. The van der Waals surface area contributed by atoms with E-state index in [9.17, 15) is 13.6 Å². The van der Waals surface area contributed by atoms with Crippen molar-refractivity contribution in [3.8, 4) is 0 Å². The lowest BCUT2D eigenvalue weighted by Crippen LogP contribution is -2.58. The summed E-state index contributed by atoms with van der Waals surface area (Å²) < 4.78 is 25.0. The Kier molecular flexibility index (Phi) is 1.31. The number of rotatable bonds is 1. The molecule has 0 aromatic heterocycles. The molecule has 2 rings (SSSR count). The molecule has 1 N–H and O–H groups in total. The highest BCUT2D eigenvalue weighted by Crippen LogP contribution is 2.65. The number of hydrogen-bond donors (Lipinski definition) is 1. The van der Waals surface area contributed by atoms with Crippen molar-refractivity contribution in [2.45, 2.75) is 31.6 Å². The molecule has 4 heteroatoms. The van der Waals surface area contributed by atoms with Crippen LogP contribution in [0.25, 0.3) is 0 Å². The first-order valence-corrected chi connectivity index (χ1v) is 4.06. The predicted molar refractivity (Wildman–Crippen MR) is 37.0 cm³/mol. The van der Waals surface area contributed by atoms with Crippen molar-refractivity contribution in [1.29, 1.82) is 0 Å². The van der Waals surface area contributed by atoms with Crippen molar-refractivity contribution in [1.82, 2.24) is 0 Å². The summed E-state index contributed by atoms with van der Waals surface area (Å²) in [7, 11) is 0. The molecule has 0 saturated heterocycles. The summed E-state index contributed by atoms with van der Waals surface area (Å²) in [6.45, 7) is 0. The van der Waals surface area contributed by atoms with Gasteiger partial charge in [-0.25, -0.2) is 8.78 Å². The fraction of sp³-hybridized carbons (Fsp3) is 0.875. The van der Waals surface area contributed by atoms with E-state index in [4.69, 9.17) is 5.11 Å². The summed E-state index contributed by atoms with van der Waals surface area (Å²) in [6.07, 6.45) is 0.818. The highest BCUT2D eigenvalue weighted by molar-refractivity contribution is 5.72. The molecule has 0 radical (unpaired) electrons. The summed E-state index contributed by atoms with van der Waals surface area (Å²) >= 11 is 0. The summed E-state index contributed by atoms with van der Waals surface area (Å²) in [5.41, 5.74) is -0.532. The molecule has 1 unspecified atom stereocenters. The molecule has 0 bridgehead atoms. The van der Waals surface area contributed by atoms with Crippen LogP contribution in [0.3, 0.4) is 0 Å². The van der Waals surface area contributed by atoms with Crippen LogP contribution in [-0.2, 0) is 4.79 Å². The van der Waals surface area contributed by atoms with E-state index in [-0.39, 0.29) is 12.8 Å². The van der Waals surface area contributed by atoms with Gasteiger partial charge in [0.15, 0.2) is 0 Å². The van der Waals surface area contributed by atoms with Gasteiger partial charge in [0.25, 0.3) is 0 Å². The Bertz CT molecular complexity index is 229. The van der Waals surface area contributed by atoms with Crippen molar-refractivity contribution >= 4 is 5.97 Å². The molecule has 1 spiro atoms. The maximum absolute atomic E-state index is 12.5. The minimum atomic E-state index is -2.59. The van der Waals surface area contributed by atoms with Crippen molar-refractivity contribution in [3.05, 3.63) is 0 Å². The molecule has 2 fully saturated rings. The number of carbonyl (C=O) groups is 1. The Balaban J connectivity index is 2.03. The summed E-state index contributed by atoms with van der Waals surface area (Å²) in [6, 6.07) is 0. The zero-order valence-corrected chi connectivity index (χ0v) is 6.52. The van der Waals surface area contributed by atoms with Crippen molar-refractivity contribution < 1.29 is 18.7 Å². The zero-order chi connectivity index (χ0) is 8.98. The lowest BCUT2D eigenvalue weighted by Gasteiger charge is -2.57. The van der Waals surface area contributed by atoms with Gasteiger partial charge in [0, 0.05) is 12.8 Å². The van der Waals surface area contributed by atoms with E-state index in [1.807, 2.05) is 0 Å². The topological polar surface area (TPSA) is 37.3 Å². The lowest BCUT2D eigenvalue weighted by molar-refractivity contribution is -0.224. The van der Waals surface area contributed by atoms with Gasteiger partial charge in [-0.3, -0.25) is 4.79 Å². The summed E-state index contributed by atoms with van der Waals surface area (Å²) in [5, 5.41) is 8.66. The Hall–Kier alpha value is -0.670. The number of carboxylic acid groups (broad SMARTS) is 1. The van der Waals surface area contributed by atoms with Gasteiger partial charge >= 0.3 is 5.97 Å². The van der Waals surface area contributed by atoms with Crippen LogP contribution in [0.4, 0.5) is 8.78 Å². The first-order valence-electron chi connectivity index (χ1n) is 4.06. The summed E-state index contributed by atoms with van der Waals surface area (Å²) in [4.78, 5) is 10.6. The van der Waals surface area contributed by atoms with Gasteiger partial charge in [-0.2, -0.15) is 0 Å². The van der Waals surface area contributed by atoms with Gasteiger partial charge in [0.2, 0.25) is 5.92 Å². The van der Waals surface area contributed by atoms with Gasteiger partial charge in [-0.15, -0.1) is 0 Å². The Morgan fingerprint density at radius 2 is 2.00 bits per heavy atom. The van der Waals surface area contributed by atoms with Gasteiger partial charge in [-0.1, -0.05) is 0 Å². The van der Waals surface area contributed by atoms with Crippen LogP contribution in [0.2, 0.25) is 0 Å². The van der Waals surface area contributed by atoms with E-state index < -0.39 is 23.2 Å². The minimum absolute atomic E-state index is 0.211. The second kappa shape index (κ2) is 1.98. The van der Waals surface area contributed by atoms with Crippen molar-refractivity contribution in [2.75, 3.05) is 0 Å². The standard InChI is InChI=1S/C8H10F2O2/c9-8(10)3-7(4-8)2-1-5(7)6(11)12/h5H,1-4H2,(H,11,12). The molecule has 0 aliphatic heterocycles. The fourth-order valence-electron chi connectivity index (χ4n) is 2.48. The minimum Gasteiger partial charge on any atom is -0.481 e. The van der Waals surface area contributed by atoms with Crippen molar-refractivity contribution in [3.63, 3.8) is 0 Å². The summed E-state index contributed by atoms with van der Waals surface area (Å²) in [5.74, 6) is -4.00. The fourth-order valence-corrected chi connectivity index (χ4v) is 2.48. The number of aliphatic carboxylic acids is 1. The average Bonchev–Trinajstić information content (AvgIpc) is 1.77. The Labute approximate surface area is 68.6 Å². The van der Waals surface area contributed by atoms with Crippen LogP contribution in [-0.4, -0.2) is 17.0 Å². The Morgan fingerprint density at radius 1 is 1.42 bits per heavy atom. The van der Waals surface area contributed by atoms with Crippen LogP contribution in [0, 0.1) is 11.3 Å². The van der Waals surface area contributed by atoms with E-state index in [1.165, 1.54) is 0 Å². The molecule has 0 aromatic rings. The van der Waals surface area contributed by atoms with Crippen molar-refractivity contribution in [2.24, 2.45) is 11.3 Å². The first kappa shape index (κ1) is 7.95. The SMILES string of the molecule is O=C(O)C1CCC12CC(F)(F)C2. The number of hydrogen-bond acceptors (Lipinski definition) is 1. The average molecular weight is 176 g/mol. The highest BCUT2D eigenvalue weighted by atomic mass is 19.3. The maximum Gasteiger partial charge on any atom is 0.307 e. The molecule has 1 atom stereocenters. The van der Waals surface area contributed by atoms with Gasteiger partial charge in [0.05, 0.1) is 5.92 Å². The smallest absolute Gasteiger partial charge is 0.307 e. The third-order valence-electron chi connectivity index (χ3n) is 3.19. The maximum atomic E-state index is 12.5. The second-order valence-electron chi connectivity index (χ2n) is 4.00. The van der Waals surface area contributed by atoms with E-state index in [0.29, 0.717) is 12.8 Å². The molecule has 0 amide bonds. The molecule has 0 aromatic carbocycles. The third kappa shape index (κ3) is 0.867. The molecule has 68 valence electrons. The van der Waals surface area contributed by atoms with Gasteiger partial charge in [0.1, 0.15) is 0 Å². The molecule has 2 saturated carbocycles. The van der Waals surface area contributed by atoms with Gasteiger partial charge in [-0.05, 0) is 18.3 Å². The lowest BCUT2D eigenvalue weighted by atomic mass is 9.48. The van der Waals surface area contributed by atoms with Crippen LogP contribution < -0.4 is 0 Å². The van der Waals surface area contributed by atoms with Crippen LogP contribution >= 0.6 is 0 Å². The van der Waals surface area contributed by atoms with Crippen LogP contribution in [0.1, 0.15) is 25.7 Å². The van der Waals surface area contributed by atoms with Crippen LogP contribution in [0.5, 0.6) is 0 Å². The quantitative estimate of drug-likeness (QED) is 0.662. The number of halogens is 2.